The van der Waals surface area contributed by atoms with E-state index in [9.17, 15) is 13.6 Å². The van der Waals surface area contributed by atoms with Gasteiger partial charge in [0.1, 0.15) is 17.5 Å². The number of aryl methyl sites for hydroxylation is 1. The van der Waals surface area contributed by atoms with E-state index in [4.69, 9.17) is 0 Å². The number of amides is 1. The fourth-order valence-corrected chi connectivity index (χ4v) is 2.65. The average Bonchev–Trinajstić information content (AvgIpc) is 2.92. The molecule has 0 aliphatic carbocycles. The van der Waals surface area contributed by atoms with E-state index in [1.54, 1.807) is 6.20 Å². The highest BCUT2D eigenvalue weighted by molar-refractivity contribution is 5.87. The molecule has 22 heavy (non-hydrogen) atoms. The highest BCUT2D eigenvalue weighted by Gasteiger charge is 2.22. The number of imidazole rings is 1. The Bertz CT molecular complexity index is 739. The Morgan fingerprint density at radius 3 is 3.05 bits per heavy atom. The van der Waals surface area contributed by atoms with Crippen LogP contribution in [0.1, 0.15) is 12.2 Å². The Morgan fingerprint density at radius 2 is 2.27 bits per heavy atom. The Hall–Kier alpha value is -2.50. The number of nitrogens with zero attached hydrogens (tertiary/aromatic N) is 2. The summed E-state index contributed by atoms with van der Waals surface area (Å²) in [6.45, 7) is 3.98. The Kier molecular flexibility index (Phi) is 3.75. The zero-order valence-electron chi connectivity index (χ0n) is 11.9. The number of fused-ring (bicyclic) bond motifs is 1. The Labute approximate surface area is 126 Å². The average molecular weight is 303 g/mol. The van der Waals surface area contributed by atoms with E-state index in [0.29, 0.717) is 18.7 Å². The van der Waals surface area contributed by atoms with Crippen molar-refractivity contribution in [2.45, 2.75) is 25.4 Å². The SMILES string of the molecule is C=CC(=O)NC1CCc2nc(-c3cc(F)ccc3F)cn2C1. The van der Waals surface area contributed by atoms with Crippen LogP contribution in [0, 0.1) is 11.6 Å². The molecule has 1 aliphatic heterocycles. The number of benzene rings is 1. The fraction of sp³-hybridized carbons (Fsp3) is 0.250. The minimum atomic E-state index is -0.506. The van der Waals surface area contributed by atoms with Crippen LogP contribution in [0.2, 0.25) is 0 Å². The first-order chi connectivity index (χ1) is 10.6. The van der Waals surface area contributed by atoms with Crippen molar-refractivity contribution in [1.29, 1.82) is 0 Å². The second-order valence-corrected chi connectivity index (χ2v) is 5.27. The Balaban J connectivity index is 1.86. The monoisotopic (exact) mass is 303 g/mol. The van der Waals surface area contributed by atoms with Gasteiger partial charge in [-0.1, -0.05) is 6.58 Å². The standard InChI is InChI=1S/C16H15F2N3O/c1-2-16(22)19-11-4-6-15-20-14(9-21(15)8-11)12-7-10(17)3-5-13(12)18/h2-3,5,7,9,11H,1,4,6,8H2,(H,19,22). The number of hydrogen-bond donors (Lipinski definition) is 1. The summed E-state index contributed by atoms with van der Waals surface area (Å²) in [4.78, 5) is 15.7. The highest BCUT2D eigenvalue weighted by Crippen LogP contribution is 2.25. The van der Waals surface area contributed by atoms with Gasteiger partial charge < -0.3 is 9.88 Å². The van der Waals surface area contributed by atoms with E-state index in [1.807, 2.05) is 4.57 Å². The van der Waals surface area contributed by atoms with Gasteiger partial charge in [0.05, 0.1) is 5.69 Å². The lowest BCUT2D eigenvalue weighted by Gasteiger charge is -2.24. The predicted octanol–water partition coefficient (Wildman–Crippen LogP) is 2.45. The largest absolute Gasteiger partial charge is 0.348 e. The number of nitrogens with one attached hydrogen (secondary N) is 1. The lowest BCUT2D eigenvalue weighted by atomic mass is 10.1. The second-order valence-electron chi connectivity index (χ2n) is 5.27. The lowest BCUT2D eigenvalue weighted by molar-refractivity contribution is -0.117. The normalized spacial score (nSPS) is 16.9. The highest BCUT2D eigenvalue weighted by atomic mass is 19.1. The molecule has 1 atom stereocenters. The third kappa shape index (κ3) is 2.77. The van der Waals surface area contributed by atoms with Crippen LogP contribution in [0.25, 0.3) is 11.3 Å². The van der Waals surface area contributed by atoms with E-state index in [2.05, 4.69) is 16.9 Å². The van der Waals surface area contributed by atoms with Gasteiger partial charge in [-0.15, -0.1) is 0 Å². The van der Waals surface area contributed by atoms with Gasteiger partial charge in [-0.2, -0.15) is 0 Å². The first-order valence-electron chi connectivity index (χ1n) is 7.01. The van der Waals surface area contributed by atoms with Crippen LogP contribution in [0.5, 0.6) is 0 Å². The molecule has 0 bridgehead atoms. The molecule has 1 N–H and O–H groups in total. The molecule has 1 amide bonds. The predicted molar refractivity (Wildman–Crippen MR) is 78.0 cm³/mol. The summed E-state index contributed by atoms with van der Waals surface area (Å²) in [5, 5.41) is 2.84. The minimum Gasteiger partial charge on any atom is -0.348 e. The summed E-state index contributed by atoms with van der Waals surface area (Å²) < 4.78 is 29.0. The summed E-state index contributed by atoms with van der Waals surface area (Å²) >= 11 is 0. The van der Waals surface area contributed by atoms with Crippen molar-refractivity contribution in [2.75, 3.05) is 0 Å². The van der Waals surface area contributed by atoms with Crippen molar-refractivity contribution >= 4 is 5.91 Å². The molecule has 4 nitrogen and oxygen atoms in total. The van der Waals surface area contributed by atoms with Crippen molar-refractivity contribution in [3.05, 3.63) is 54.5 Å². The molecule has 2 heterocycles. The smallest absolute Gasteiger partial charge is 0.243 e. The summed E-state index contributed by atoms with van der Waals surface area (Å²) in [6, 6.07) is 3.30. The minimum absolute atomic E-state index is 0.0163. The van der Waals surface area contributed by atoms with Crippen LogP contribution in [0.3, 0.4) is 0 Å². The summed E-state index contributed by atoms with van der Waals surface area (Å²) in [7, 11) is 0. The maximum atomic E-state index is 13.8. The first-order valence-corrected chi connectivity index (χ1v) is 7.01. The molecule has 1 unspecified atom stereocenters. The van der Waals surface area contributed by atoms with Gasteiger partial charge in [-0.05, 0) is 30.7 Å². The molecule has 0 spiro atoms. The van der Waals surface area contributed by atoms with Crippen LogP contribution in [0.15, 0.2) is 37.1 Å². The van der Waals surface area contributed by atoms with Crippen molar-refractivity contribution in [1.82, 2.24) is 14.9 Å². The van der Waals surface area contributed by atoms with Gasteiger partial charge >= 0.3 is 0 Å². The van der Waals surface area contributed by atoms with Crippen molar-refractivity contribution < 1.29 is 13.6 Å². The number of halogens is 2. The summed E-state index contributed by atoms with van der Waals surface area (Å²) in [5.74, 6) is -0.417. The van der Waals surface area contributed by atoms with Gasteiger partial charge in [0.2, 0.25) is 5.91 Å². The number of carbonyl (C=O) groups is 1. The topological polar surface area (TPSA) is 46.9 Å². The number of rotatable bonds is 3. The maximum absolute atomic E-state index is 13.8. The molecule has 0 saturated heterocycles. The molecule has 0 saturated carbocycles. The molecular formula is C16H15F2N3O. The van der Waals surface area contributed by atoms with E-state index >= 15 is 0 Å². The van der Waals surface area contributed by atoms with Crippen molar-refractivity contribution in [3.63, 3.8) is 0 Å². The second kappa shape index (κ2) is 5.71. The molecule has 3 rings (SSSR count). The quantitative estimate of drug-likeness (QED) is 0.885. The van der Waals surface area contributed by atoms with E-state index < -0.39 is 11.6 Å². The number of hydrogen-bond acceptors (Lipinski definition) is 2. The molecule has 6 heteroatoms. The molecule has 0 fully saturated rings. The van der Waals surface area contributed by atoms with Gasteiger partial charge in [0, 0.05) is 30.8 Å². The molecular weight excluding hydrogens is 288 g/mol. The van der Waals surface area contributed by atoms with E-state index in [0.717, 1.165) is 30.4 Å². The van der Waals surface area contributed by atoms with Crippen LogP contribution in [0.4, 0.5) is 8.78 Å². The lowest BCUT2D eigenvalue weighted by Crippen LogP contribution is -2.40. The van der Waals surface area contributed by atoms with E-state index in [-0.39, 0.29) is 17.5 Å². The summed E-state index contributed by atoms with van der Waals surface area (Å²) in [6.07, 6.45) is 4.34. The molecule has 1 aromatic heterocycles. The Morgan fingerprint density at radius 1 is 1.45 bits per heavy atom. The maximum Gasteiger partial charge on any atom is 0.243 e. The summed E-state index contributed by atoms with van der Waals surface area (Å²) in [5.41, 5.74) is 0.552. The van der Waals surface area contributed by atoms with Gasteiger partial charge in [0.15, 0.2) is 0 Å². The van der Waals surface area contributed by atoms with Crippen molar-refractivity contribution in [3.8, 4) is 11.3 Å². The van der Waals surface area contributed by atoms with E-state index in [1.165, 1.54) is 6.08 Å². The van der Waals surface area contributed by atoms with Gasteiger partial charge in [-0.3, -0.25) is 4.79 Å². The first kappa shape index (κ1) is 14.4. The molecule has 0 radical (unpaired) electrons. The van der Waals surface area contributed by atoms with Gasteiger partial charge in [-0.25, -0.2) is 13.8 Å². The number of carbonyl (C=O) groups excluding carboxylic acids is 1. The third-order valence-electron chi connectivity index (χ3n) is 3.73. The van der Waals surface area contributed by atoms with Crippen LogP contribution in [-0.4, -0.2) is 21.5 Å². The fourth-order valence-electron chi connectivity index (χ4n) is 2.65. The third-order valence-corrected chi connectivity index (χ3v) is 3.73. The zero-order valence-corrected chi connectivity index (χ0v) is 11.9. The van der Waals surface area contributed by atoms with Crippen LogP contribution < -0.4 is 5.32 Å². The van der Waals surface area contributed by atoms with Gasteiger partial charge in [0.25, 0.3) is 0 Å². The molecule has 2 aromatic rings. The number of aromatic nitrogens is 2. The molecule has 114 valence electrons. The molecule has 1 aliphatic rings. The van der Waals surface area contributed by atoms with Crippen LogP contribution >= 0.6 is 0 Å². The zero-order chi connectivity index (χ0) is 15.7. The molecule has 1 aromatic carbocycles. The van der Waals surface area contributed by atoms with Crippen molar-refractivity contribution in [2.24, 2.45) is 0 Å². The van der Waals surface area contributed by atoms with Crippen LogP contribution in [-0.2, 0) is 17.8 Å².